The number of sulfonamides is 1. The molecule has 0 spiro atoms. The molecule has 1 aliphatic heterocycles. The molecule has 2 fully saturated rings. The predicted molar refractivity (Wildman–Crippen MR) is 145 cm³/mol. The van der Waals surface area contributed by atoms with E-state index < -0.39 is 28.0 Å². The number of rotatable bonds is 13. The molecule has 0 aromatic heterocycles. The summed E-state index contributed by atoms with van der Waals surface area (Å²) in [5.41, 5.74) is 0.944. The van der Waals surface area contributed by atoms with Gasteiger partial charge in [0, 0.05) is 31.8 Å². The van der Waals surface area contributed by atoms with E-state index in [1.807, 2.05) is 44.2 Å². The summed E-state index contributed by atoms with van der Waals surface area (Å²) in [5, 5.41) is 11.4. The number of methoxy groups -OCH3 is 1. The van der Waals surface area contributed by atoms with E-state index in [-0.39, 0.29) is 55.4 Å². The summed E-state index contributed by atoms with van der Waals surface area (Å²) in [6.45, 7) is 4.19. The number of nitrogens with zero attached hydrogens (tertiary/aromatic N) is 1. The van der Waals surface area contributed by atoms with Gasteiger partial charge in [0.05, 0.1) is 36.7 Å². The van der Waals surface area contributed by atoms with Gasteiger partial charge in [0.15, 0.2) is 0 Å². The first-order valence-electron chi connectivity index (χ1n) is 13.4. The number of hydrogen-bond acceptors (Lipinski definition) is 8. The van der Waals surface area contributed by atoms with Crippen LogP contribution in [-0.2, 0) is 35.4 Å². The van der Waals surface area contributed by atoms with E-state index >= 15 is 0 Å². The second-order valence-electron chi connectivity index (χ2n) is 10.7. The molecule has 2 aromatic rings. The number of fused-ring (bicyclic) bond motifs is 1. The van der Waals surface area contributed by atoms with Gasteiger partial charge in [-0.1, -0.05) is 44.2 Å². The van der Waals surface area contributed by atoms with Crippen molar-refractivity contribution in [1.82, 2.24) is 4.31 Å². The lowest BCUT2D eigenvalue weighted by atomic mass is 9.90. The van der Waals surface area contributed by atoms with Crippen LogP contribution in [0.1, 0.15) is 38.7 Å². The molecular formula is C29H39NO8S. The van der Waals surface area contributed by atoms with Gasteiger partial charge >= 0.3 is 5.97 Å². The zero-order valence-electron chi connectivity index (χ0n) is 22.8. The molecule has 0 amide bonds. The fourth-order valence-electron chi connectivity index (χ4n) is 5.22. The van der Waals surface area contributed by atoms with E-state index in [1.54, 1.807) is 12.1 Å². The van der Waals surface area contributed by atoms with Gasteiger partial charge in [0.2, 0.25) is 10.0 Å². The maximum absolute atomic E-state index is 13.6. The minimum Gasteiger partial charge on any atom is -0.497 e. The van der Waals surface area contributed by atoms with Gasteiger partial charge in [-0.25, -0.2) is 8.42 Å². The highest BCUT2D eigenvalue weighted by Gasteiger charge is 2.42. The Kier molecular flexibility index (Phi) is 10.0. The van der Waals surface area contributed by atoms with Crippen molar-refractivity contribution in [2.45, 2.75) is 68.8 Å². The summed E-state index contributed by atoms with van der Waals surface area (Å²) in [5.74, 6) is -0.397. The third-order valence-electron chi connectivity index (χ3n) is 7.24. The molecular weight excluding hydrogens is 522 g/mol. The van der Waals surface area contributed by atoms with Crippen LogP contribution in [0, 0.1) is 11.8 Å². The number of aliphatic hydroxyl groups is 1. The first kappa shape index (κ1) is 29.5. The van der Waals surface area contributed by atoms with Crippen molar-refractivity contribution < 1.29 is 37.3 Å². The molecule has 1 aliphatic carbocycles. The zero-order chi connectivity index (χ0) is 28.0. The van der Waals surface area contributed by atoms with Crippen molar-refractivity contribution in [3.8, 4) is 5.75 Å². The summed E-state index contributed by atoms with van der Waals surface area (Å²) < 4.78 is 50.4. The number of benzene rings is 2. The Hall–Kier alpha value is -2.50. The number of ether oxygens (including phenoxy) is 4. The Morgan fingerprint density at radius 3 is 2.26 bits per heavy atom. The van der Waals surface area contributed by atoms with Gasteiger partial charge < -0.3 is 24.1 Å². The smallest absolute Gasteiger partial charge is 0.306 e. The second-order valence-corrected chi connectivity index (χ2v) is 12.7. The highest BCUT2D eigenvalue weighted by molar-refractivity contribution is 7.89. The van der Waals surface area contributed by atoms with E-state index in [2.05, 4.69) is 0 Å². The molecule has 2 aliphatic rings. The summed E-state index contributed by atoms with van der Waals surface area (Å²) in [6.07, 6.45) is 0.0330. The van der Waals surface area contributed by atoms with Crippen LogP contribution in [0.4, 0.5) is 0 Å². The molecule has 0 bridgehead atoms. The molecule has 1 heterocycles. The minimum absolute atomic E-state index is 0.0222. The van der Waals surface area contributed by atoms with Crippen LogP contribution >= 0.6 is 0 Å². The Bertz CT molecular complexity index is 1160. The van der Waals surface area contributed by atoms with Crippen LogP contribution < -0.4 is 4.74 Å². The van der Waals surface area contributed by atoms with Crippen LogP contribution in [0.5, 0.6) is 5.75 Å². The first-order chi connectivity index (χ1) is 18.7. The molecule has 1 unspecified atom stereocenters. The average molecular weight is 562 g/mol. The number of aliphatic hydroxyl groups excluding tert-OH is 1. The molecule has 2 aromatic carbocycles. The average Bonchev–Trinajstić information content (AvgIpc) is 3.50. The largest absolute Gasteiger partial charge is 0.497 e. The molecule has 9 nitrogen and oxygen atoms in total. The normalized spacial score (nSPS) is 22.6. The van der Waals surface area contributed by atoms with Gasteiger partial charge in [-0.2, -0.15) is 4.31 Å². The molecule has 4 rings (SSSR count). The SMILES string of the molecule is COc1ccc(S(=O)(=O)N(CC(C)C)C[C@@H](O)[C@@H](CC(=O)OC2C[C@@H]3OCO[C@@H]3C2)Cc2ccccc2)cc1. The van der Waals surface area contributed by atoms with Gasteiger partial charge in [-0.15, -0.1) is 0 Å². The van der Waals surface area contributed by atoms with Gasteiger partial charge in [0.1, 0.15) is 18.6 Å². The van der Waals surface area contributed by atoms with E-state index in [9.17, 15) is 18.3 Å². The minimum atomic E-state index is -3.90. The zero-order valence-corrected chi connectivity index (χ0v) is 23.6. The fourth-order valence-corrected chi connectivity index (χ4v) is 6.84. The summed E-state index contributed by atoms with van der Waals surface area (Å²) in [6, 6.07) is 15.7. The van der Waals surface area contributed by atoms with Crippen molar-refractivity contribution in [1.29, 1.82) is 0 Å². The molecule has 214 valence electrons. The van der Waals surface area contributed by atoms with Gasteiger partial charge in [-0.05, 0) is 42.2 Å². The molecule has 1 saturated heterocycles. The molecule has 5 atom stereocenters. The van der Waals surface area contributed by atoms with Crippen LogP contribution in [0.3, 0.4) is 0 Å². The highest BCUT2D eigenvalue weighted by atomic mass is 32.2. The quantitative estimate of drug-likeness (QED) is 0.371. The van der Waals surface area contributed by atoms with E-state index in [0.29, 0.717) is 25.0 Å². The fraction of sp³-hybridized carbons (Fsp3) is 0.552. The van der Waals surface area contributed by atoms with Gasteiger partial charge in [-0.3, -0.25) is 4.79 Å². The highest BCUT2D eigenvalue weighted by Crippen LogP contribution is 2.32. The van der Waals surface area contributed by atoms with Crippen LogP contribution in [0.2, 0.25) is 0 Å². The lowest BCUT2D eigenvalue weighted by Crippen LogP contribution is -2.43. The van der Waals surface area contributed by atoms with Crippen molar-refractivity contribution in [3.05, 3.63) is 60.2 Å². The van der Waals surface area contributed by atoms with E-state index in [4.69, 9.17) is 18.9 Å². The van der Waals surface area contributed by atoms with Gasteiger partial charge in [0.25, 0.3) is 0 Å². The Morgan fingerprint density at radius 2 is 1.67 bits per heavy atom. The van der Waals surface area contributed by atoms with Crippen molar-refractivity contribution in [2.75, 3.05) is 27.0 Å². The Balaban J connectivity index is 1.49. The van der Waals surface area contributed by atoms with Crippen molar-refractivity contribution in [2.24, 2.45) is 11.8 Å². The molecule has 39 heavy (non-hydrogen) atoms. The van der Waals surface area contributed by atoms with E-state index in [1.165, 1.54) is 23.5 Å². The lowest BCUT2D eigenvalue weighted by Gasteiger charge is -2.30. The van der Waals surface area contributed by atoms with Crippen LogP contribution in [0.15, 0.2) is 59.5 Å². The maximum Gasteiger partial charge on any atom is 0.306 e. The number of hydrogen-bond donors (Lipinski definition) is 1. The number of esters is 1. The lowest BCUT2D eigenvalue weighted by molar-refractivity contribution is -0.152. The Morgan fingerprint density at radius 1 is 1.03 bits per heavy atom. The molecule has 0 radical (unpaired) electrons. The third kappa shape index (κ3) is 7.79. The van der Waals surface area contributed by atoms with Crippen LogP contribution in [0.25, 0.3) is 0 Å². The number of carbonyl (C=O) groups is 1. The molecule has 1 N–H and O–H groups in total. The van der Waals surface area contributed by atoms with E-state index in [0.717, 1.165) is 5.56 Å². The first-order valence-corrected chi connectivity index (χ1v) is 14.9. The third-order valence-corrected chi connectivity index (χ3v) is 9.08. The molecule has 1 saturated carbocycles. The Labute approximate surface area is 231 Å². The van der Waals surface area contributed by atoms with Crippen molar-refractivity contribution in [3.63, 3.8) is 0 Å². The molecule has 10 heteroatoms. The predicted octanol–water partition coefficient (Wildman–Crippen LogP) is 3.40. The van der Waals surface area contributed by atoms with Crippen LogP contribution in [-0.4, -0.2) is 75.2 Å². The standard InChI is InChI=1S/C29H39NO8S/c1-20(2)17-30(39(33,34)25-11-9-23(35-3)10-12-25)18-26(31)22(13-21-7-5-4-6-8-21)14-29(32)38-24-15-27-28(16-24)37-19-36-27/h4-12,20,22,24,26-28,31H,13-19H2,1-3H3/t22-,24?,26-,27-,28+/m1/s1. The summed E-state index contributed by atoms with van der Waals surface area (Å²) in [4.78, 5) is 13.1. The summed E-state index contributed by atoms with van der Waals surface area (Å²) in [7, 11) is -2.39. The number of carbonyl (C=O) groups excluding carboxylic acids is 1. The van der Waals surface area contributed by atoms with Crippen molar-refractivity contribution >= 4 is 16.0 Å². The maximum atomic E-state index is 13.6. The summed E-state index contributed by atoms with van der Waals surface area (Å²) >= 11 is 0. The second kappa shape index (κ2) is 13.2. The topological polar surface area (TPSA) is 112 Å². The monoisotopic (exact) mass is 561 g/mol.